The molecule has 0 aliphatic carbocycles. The Kier molecular flexibility index (Phi) is 3.94. The van der Waals surface area contributed by atoms with Gasteiger partial charge in [0.15, 0.2) is 5.78 Å². The van der Waals surface area contributed by atoms with E-state index in [0.717, 1.165) is 16.9 Å². The Hall–Kier alpha value is -2.17. The molecule has 0 fully saturated rings. The molecule has 5 nitrogen and oxygen atoms in total. The molecule has 1 aromatic carbocycles. The minimum absolute atomic E-state index is 0.152. The summed E-state index contributed by atoms with van der Waals surface area (Å²) in [5, 5.41) is 8.07. The lowest BCUT2D eigenvalue weighted by Crippen LogP contribution is -2.09. The van der Waals surface area contributed by atoms with E-state index in [1.165, 1.54) is 0 Å². The molecule has 2 rings (SSSR count). The molecule has 0 N–H and O–H groups in total. The number of carbonyl (C=O) groups is 1. The maximum Gasteiger partial charge on any atom is 0.154 e. The summed E-state index contributed by atoms with van der Waals surface area (Å²) in [5.41, 5.74) is 2.92. The van der Waals surface area contributed by atoms with Crippen LogP contribution in [0.5, 0.6) is 0 Å². The van der Waals surface area contributed by atoms with E-state index >= 15 is 0 Å². The third-order valence-electron chi connectivity index (χ3n) is 2.95. The van der Waals surface area contributed by atoms with E-state index < -0.39 is 0 Å². The Labute approximate surface area is 112 Å². The van der Waals surface area contributed by atoms with E-state index in [1.807, 2.05) is 50.2 Å². The van der Waals surface area contributed by atoms with Crippen LogP contribution in [-0.2, 0) is 11.3 Å². The first-order chi connectivity index (χ1) is 9.10. The van der Waals surface area contributed by atoms with Crippen molar-refractivity contribution in [1.82, 2.24) is 15.0 Å². The standard InChI is InChI=1S/C14H18N4O/c1-4-13(19)9-18-10-14(15-16-18)11-5-7-12(8-6-11)17(2)3/h5-8,10H,4,9H2,1-3H3. The van der Waals surface area contributed by atoms with Crippen molar-refractivity contribution in [3.05, 3.63) is 30.5 Å². The smallest absolute Gasteiger partial charge is 0.154 e. The second-order valence-electron chi connectivity index (χ2n) is 4.63. The van der Waals surface area contributed by atoms with Crippen molar-refractivity contribution in [2.75, 3.05) is 19.0 Å². The lowest BCUT2D eigenvalue weighted by molar-refractivity contribution is -0.119. The topological polar surface area (TPSA) is 51.0 Å². The average Bonchev–Trinajstić information content (AvgIpc) is 2.87. The molecule has 0 saturated carbocycles. The molecule has 2 aromatic rings. The minimum Gasteiger partial charge on any atom is -0.378 e. The van der Waals surface area contributed by atoms with Crippen LogP contribution >= 0.6 is 0 Å². The number of aromatic nitrogens is 3. The van der Waals surface area contributed by atoms with Crippen molar-refractivity contribution >= 4 is 11.5 Å². The summed E-state index contributed by atoms with van der Waals surface area (Å²) in [6.07, 6.45) is 2.32. The molecule has 0 aliphatic heterocycles. The van der Waals surface area contributed by atoms with E-state index in [9.17, 15) is 4.79 Å². The maximum atomic E-state index is 11.4. The zero-order chi connectivity index (χ0) is 13.8. The highest BCUT2D eigenvalue weighted by molar-refractivity contribution is 5.77. The number of Topliss-reactive ketones (excluding diaryl/α,β-unsaturated/α-hetero) is 1. The lowest BCUT2D eigenvalue weighted by Gasteiger charge is -2.11. The largest absolute Gasteiger partial charge is 0.378 e. The van der Waals surface area contributed by atoms with Gasteiger partial charge in [0.1, 0.15) is 12.2 Å². The number of carbonyl (C=O) groups excluding carboxylic acids is 1. The van der Waals surface area contributed by atoms with Crippen LogP contribution in [0.3, 0.4) is 0 Å². The first-order valence-electron chi connectivity index (χ1n) is 6.29. The number of anilines is 1. The van der Waals surface area contributed by atoms with E-state index in [0.29, 0.717) is 13.0 Å². The number of hydrogen-bond acceptors (Lipinski definition) is 4. The Bertz CT molecular complexity index is 557. The highest BCUT2D eigenvalue weighted by Crippen LogP contribution is 2.20. The maximum absolute atomic E-state index is 11.4. The summed E-state index contributed by atoms with van der Waals surface area (Å²) in [7, 11) is 4.00. The van der Waals surface area contributed by atoms with Crippen LogP contribution in [-0.4, -0.2) is 34.9 Å². The fraction of sp³-hybridized carbons (Fsp3) is 0.357. The highest BCUT2D eigenvalue weighted by Gasteiger charge is 2.06. The number of hydrogen-bond donors (Lipinski definition) is 0. The molecule has 0 spiro atoms. The fourth-order valence-electron chi connectivity index (χ4n) is 1.73. The van der Waals surface area contributed by atoms with Gasteiger partial charge in [0.05, 0.1) is 6.20 Å². The number of ketones is 1. The monoisotopic (exact) mass is 258 g/mol. The van der Waals surface area contributed by atoms with Crippen molar-refractivity contribution < 1.29 is 4.79 Å². The fourth-order valence-corrected chi connectivity index (χ4v) is 1.73. The van der Waals surface area contributed by atoms with Gasteiger partial charge in [-0.15, -0.1) is 5.10 Å². The molecule has 19 heavy (non-hydrogen) atoms. The van der Waals surface area contributed by atoms with Gasteiger partial charge in [0, 0.05) is 31.8 Å². The second-order valence-corrected chi connectivity index (χ2v) is 4.63. The summed E-state index contributed by atoms with van der Waals surface area (Å²) >= 11 is 0. The highest BCUT2D eigenvalue weighted by atomic mass is 16.1. The summed E-state index contributed by atoms with van der Waals surface area (Å²) < 4.78 is 1.58. The third kappa shape index (κ3) is 3.19. The average molecular weight is 258 g/mol. The van der Waals surface area contributed by atoms with Gasteiger partial charge < -0.3 is 4.90 Å². The van der Waals surface area contributed by atoms with Crippen molar-refractivity contribution in [3.63, 3.8) is 0 Å². The molecule has 100 valence electrons. The van der Waals surface area contributed by atoms with Crippen molar-refractivity contribution in [2.24, 2.45) is 0 Å². The summed E-state index contributed by atoms with van der Waals surface area (Å²) in [4.78, 5) is 13.4. The van der Waals surface area contributed by atoms with Crippen molar-refractivity contribution in [2.45, 2.75) is 19.9 Å². The quantitative estimate of drug-likeness (QED) is 0.823. The van der Waals surface area contributed by atoms with Gasteiger partial charge in [-0.3, -0.25) is 4.79 Å². The molecule has 0 radical (unpaired) electrons. The van der Waals surface area contributed by atoms with Crippen LogP contribution in [0.25, 0.3) is 11.3 Å². The van der Waals surface area contributed by atoms with Crippen molar-refractivity contribution in [1.29, 1.82) is 0 Å². The van der Waals surface area contributed by atoms with Crippen molar-refractivity contribution in [3.8, 4) is 11.3 Å². The van der Waals surface area contributed by atoms with Gasteiger partial charge in [-0.1, -0.05) is 24.3 Å². The van der Waals surface area contributed by atoms with Crippen LogP contribution in [0.15, 0.2) is 30.5 Å². The molecule has 0 saturated heterocycles. The predicted molar refractivity (Wildman–Crippen MR) is 75.1 cm³/mol. The van der Waals surface area contributed by atoms with E-state index in [2.05, 4.69) is 10.3 Å². The lowest BCUT2D eigenvalue weighted by atomic mass is 10.1. The molecule has 0 atom stereocenters. The van der Waals surface area contributed by atoms with Crippen LogP contribution in [0.2, 0.25) is 0 Å². The van der Waals surface area contributed by atoms with E-state index in [-0.39, 0.29) is 5.78 Å². The number of rotatable bonds is 5. The summed E-state index contributed by atoms with van der Waals surface area (Å²) in [5.74, 6) is 0.152. The van der Waals surface area contributed by atoms with Crippen LogP contribution in [0.1, 0.15) is 13.3 Å². The van der Waals surface area contributed by atoms with Crippen LogP contribution in [0.4, 0.5) is 5.69 Å². The normalized spacial score (nSPS) is 10.5. The third-order valence-corrected chi connectivity index (χ3v) is 2.95. The first-order valence-corrected chi connectivity index (χ1v) is 6.29. The Balaban J connectivity index is 2.16. The first kappa shape index (κ1) is 13.3. The molecule has 1 heterocycles. The Morgan fingerprint density at radius 1 is 1.26 bits per heavy atom. The SMILES string of the molecule is CCC(=O)Cn1cc(-c2ccc(N(C)C)cc2)nn1. The van der Waals surface area contributed by atoms with Gasteiger partial charge in [0.25, 0.3) is 0 Å². The van der Waals surface area contributed by atoms with E-state index in [1.54, 1.807) is 10.9 Å². The molecule has 1 aromatic heterocycles. The summed E-state index contributed by atoms with van der Waals surface area (Å²) in [6, 6.07) is 8.08. The zero-order valence-corrected chi connectivity index (χ0v) is 11.5. The van der Waals surface area contributed by atoms with Crippen LogP contribution in [0, 0.1) is 0 Å². The molecular weight excluding hydrogens is 240 g/mol. The van der Waals surface area contributed by atoms with E-state index in [4.69, 9.17) is 0 Å². The number of benzene rings is 1. The van der Waals surface area contributed by atoms with Gasteiger partial charge >= 0.3 is 0 Å². The Morgan fingerprint density at radius 2 is 1.95 bits per heavy atom. The molecule has 0 aliphatic rings. The van der Waals surface area contributed by atoms with Gasteiger partial charge in [-0.2, -0.15) is 0 Å². The van der Waals surface area contributed by atoms with Crippen LogP contribution < -0.4 is 4.90 Å². The molecule has 5 heteroatoms. The second kappa shape index (κ2) is 5.65. The predicted octanol–water partition coefficient (Wildman–Crippen LogP) is 1.99. The molecule has 0 unspecified atom stereocenters. The van der Waals surface area contributed by atoms with Gasteiger partial charge in [-0.05, 0) is 12.1 Å². The minimum atomic E-state index is 0.152. The zero-order valence-electron chi connectivity index (χ0n) is 11.5. The Morgan fingerprint density at radius 3 is 2.53 bits per heavy atom. The summed E-state index contributed by atoms with van der Waals surface area (Å²) in [6.45, 7) is 2.14. The van der Waals surface area contributed by atoms with Gasteiger partial charge in [0.2, 0.25) is 0 Å². The molecule has 0 bridgehead atoms. The van der Waals surface area contributed by atoms with Gasteiger partial charge in [-0.25, -0.2) is 4.68 Å². The molecular formula is C14H18N4O. The number of nitrogens with zero attached hydrogens (tertiary/aromatic N) is 4. The molecule has 0 amide bonds.